The Labute approximate surface area is 176 Å². The molecule has 0 aliphatic rings. The van der Waals surface area contributed by atoms with Gasteiger partial charge in [-0.2, -0.15) is 14.7 Å². The van der Waals surface area contributed by atoms with Gasteiger partial charge >= 0.3 is 0 Å². The van der Waals surface area contributed by atoms with Crippen LogP contribution < -0.4 is 10.1 Å². The van der Waals surface area contributed by atoms with Crippen LogP contribution in [0.15, 0.2) is 30.3 Å². The van der Waals surface area contributed by atoms with Crippen molar-refractivity contribution in [2.45, 2.75) is 47.1 Å². The van der Waals surface area contributed by atoms with Gasteiger partial charge in [0.15, 0.2) is 5.65 Å². The Kier molecular flexibility index (Phi) is 5.20. The number of hydrogen-bond acceptors (Lipinski definition) is 5. The second kappa shape index (κ2) is 7.82. The van der Waals surface area contributed by atoms with E-state index in [4.69, 9.17) is 14.8 Å². The quantitative estimate of drug-likeness (QED) is 0.476. The van der Waals surface area contributed by atoms with Crippen LogP contribution in [-0.4, -0.2) is 31.9 Å². The lowest BCUT2D eigenvalue weighted by atomic mass is 10.0. The first-order chi connectivity index (χ1) is 14.4. The van der Waals surface area contributed by atoms with Crippen molar-refractivity contribution in [3.8, 4) is 16.9 Å². The standard InChI is InChI=1S/C23H28N6O/c1-7-19(20-11-15(4)26-27-20)25-21-12-14(3)24-23-22(16(5)28-29(21)23)18-9-8-17(30-6)10-13(18)2/h8-12,19,25H,7H2,1-6H3,(H,26,27)/t19-/m0/s1. The van der Waals surface area contributed by atoms with Crippen molar-refractivity contribution in [1.29, 1.82) is 0 Å². The number of fused-ring (bicyclic) bond motifs is 1. The van der Waals surface area contributed by atoms with Gasteiger partial charge in [-0.15, -0.1) is 0 Å². The molecule has 0 saturated carbocycles. The molecule has 0 bridgehead atoms. The summed E-state index contributed by atoms with van der Waals surface area (Å²) in [5.41, 5.74) is 8.06. The van der Waals surface area contributed by atoms with E-state index in [0.29, 0.717) is 0 Å². The number of anilines is 1. The molecule has 156 valence electrons. The van der Waals surface area contributed by atoms with Crippen LogP contribution in [0.5, 0.6) is 5.75 Å². The first-order valence-corrected chi connectivity index (χ1v) is 10.2. The number of aromatic amines is 1. The van der Waals surface area contributed by atoms with Crippen LogP contribution in [0.2, 0.25) is 0 Å². The van der Waals surface area contributed by atoms with Gasteiger partial charge in [0.1, 0.15) is 11.6 Å². The van der Waals surface area contributed by atoms with Crippen LogP contribution in [0, 0.1) is 27.7 Å². The summed E-state index contributed by atoms with van der Waals surface area (Å²) in [5.74, 6) is 1.76. The second-order valence-electron chi connectivity index (χ2n) is 7.73. The molecule has 4 aromatic rings. The normalized spacial score (nSPS) is 12.3. The summed E-state index contributed by atoms with van der Waals surface area (Å²) >= 11 is 0. The molecule has 3 aromatic heterocycles. The first kappa shape index (κ1) is 19.9. The summed E-state index contributed by atoms with van der Waals surface area (Å²) in [7, 11) is 1.68. The number of H-pyrrole nitrogens is 1. The van der Waals surface area contributed by atoms with Gasteiger partial charge in [-0.25, -0.2) is 4.98 Å². The monoisotopic (exact) mass is 404 g/mol. The molecule has 0 fully saturated rings. The van der Waals surface area contributed by atoms with E-state index in [2.05, 4.69) is 41.5 Å². The first-order valence-electron chi connectivity index (χ1n) is 10.2. The molecular weight excluding hydrogens is 376 g/mol. The molecule has 0 aliphatic heterocycles. The molecular formula is C23H28N6O. The molecule has 0 spiro atoms. The Bertz CT molecular complexity index is 1210. The topological polar surface area (TPSA) is 80.1 Å². The zero-order valence-electron chi connectivity index (χ0n) is 18.4. The Morgan fingerprint density at radius 1 is 1.10 bits per heavy atom. The van der Waals surface area contributed by atoms with Crippen LogP contribution in [0.3, 0.4) is 0 Å². The Balaban J connectivity index is 1.83. The van der Waals surface area contributed by atoms with Crippen molar-refractivity contribution in [3.05, 3.63) is 58.7 Å². The van der Waals surface area contributed by atoms with E-state index < -0.39 is 0 Å². The van der Waals surface area contributed by atoms with Crippen LogP contribution in [0.4, 0.5) is 5.82 Å². The second-order valence-corrected chi connectivity index (χ2v) is 7.73. The van der Waals surface area contributed by atoms with E-state index in [-0.39, 0.29) is 6.04 Å². The van der Waals surface area contributed by atoms with Crippen molar-refractivity contribution < 1.29 is 4.74 Å². The zero-order chi connectivity index (χ0) is 21.4. The third kappa shape index (κ3) is 3.51. The molecule has 1 aromatic carbocycles. The molecule has 4 rings (SSSR count). The number of ether oxygens (including phenoxy) is 1. The van der Waals surface area contributed by atoms with Crippen molar-refractivity contribution >= 4 is 11.5 Å². The van der Waals surface area contributed by atoms with Gasteiger partial charge in [-0.05, 0) is 63.4 Å². The fourth-order valence-electron chi connectivity index (χ4n) is 3.91. The summed E-state index contributed by atoms with van der Waals surface area (Å²) in [6.45, 7) is 10.3. The summed E-state index contributed by atoms with van der Waals surface area (Å²) in [6, 6.07) is 10.3. The van der Waals surface area contributed by atoms with Crippen molar-refractivity contribution in [1.82, 2.24) is 24.8 Å². The molecule has 0 amide bonds. The van der Waals surface area contributed by atoms with E-state index in [0.717, 1.165) is 63.1 Å². The van der Waals surface area contributed by atoms with E-state index >= 15 is 0 Å². The van der Waals surface area contributed by atoms with Gasteiger partial charge in [-0.1, -0.05) is 13.0 Å². The lowest BCUT2D eigenvalue weighted by molar-refractivity contribution is 0.414. The summed E-state index contributed by atoms with van der Waals surface area (Å²) in [5, 5.41) is 15.9. The largest absolute Gasteiger partial charge is 0.497 e. The number of nitrogens with one attached hydrogen (secondary N) is 2. The number of nitrogens with zero attached hydrogens (tertiary/aromatic N) is 4. The predicted octanol–water partition coefficient (Wildman–Crippen LogP) is 4.92. The number of methoxy groups -OCH3 is 1. The van der Waals surface area contributed by atoms with E-state index in [1.165, 1.54) is 0 Å². The Morgan fingerprint density at radius 2 is 1.90 bits per heavy atom. The minimum Gasteiger partial charge on any atom is -0.497 e. The minimum atomic E-state index is 0.104. The van der Waals surface area contributed by atoms with Gasteiger partial charge in [0, 0.05) is 17.3 Å². The van der Waals surface area contributed by atoms with Crippen LogP contribution in [0.25, 0.3) is 16.8 Å². The molecule has 7 heteroatoms. The van der Waals surface area contributed by atoms with Crippen LogP contribution in [-0.2, 0) is 0 Å². The average Bonchev–Trinajstić information content (AvgIpc) is 3.29. The number of hydrogen-bond donors (Lipinski definition) is 2. The number of rotatable bonds is 6. The predicted molar refractivity (Wildman–Crippen MR) is 119 cm³/mol. The molecule has 0 unspecified atom stereocenters. The number of benzene rings is 1. The lowest BCUT2D eigenvalue weighted by Crippen LogP contribution is -2.14. The summed E-state index contributed by atoms with van der Waals surface area (Å²) in [4.78, 5) is 4.84. The maximum absolute atomic E-state index is 5.37. The van der Waals surface area contributed by atoms with E-state index in [9.17, 15) is 0 Å². The van der Waals surface area contributed by atoms with E-state index in [1.54, 1.807) is 7.11 Å². The van der Waals surface area contributed by atoms with Gasteiger partial charge in [0.05, 0.1) is 30.2 Å². The van der Waals surface area contributed by atoms with Crippen LogP contribution >= 0.6 is 0 Å². The fourth-order valence-corrected chi connectivity index (χ4v) is 3.91. The molecule has 3 heterocycles. The third-order valence-corrected chi connectivity index (χ3v) is 5.43. The van der Waals surface area contributed by atoms with Gasteiger partial charge < -0.3 is 10.1 Å². The van der Waals surface area contributed by atoms with Gasteiger partial charge in [0.25, 0.3) is 0 Å². The Morgan fingerprint density at radius 3 is 2.53 bits per heavy atom. The van der Waals surface area contributed by atoms with Gasteiger partial charge in [-0.3, -0.25) is 5.10 Å². The van der Waals surface area contributed by atoms with Crippen molar-refractivity contribution in [3.63, 3.8) is 0 Å². The average molecular weight is 405 g/mol. The molecule has 0 radical (unpaired) electrons. The molecule has 0 aliphatic carbocycles. The van der Waals surface area contributed by atoms with Crippen LogP contribution in [0.1, 0.15) is 47.7 Å². The van der Waals surface area contributed by atoms with Crippen molar-refractivity contribution in [2.24, 2.45) is 0 Å². The molecule has 30 heavy (non-hydrogen) atoms. The number of aryl methyl sites for hydroxylation is 4. The van der Waals surface area contributed by atoms with E-state index in [1.807, 2.05) is 43.5 Å². The maximum Gasteiger partial charge on any atom is 0.165 e. The molecule has 2 N–H and O–H groups in total. The highest BCUT2D eigenvalue weighted by atomic mass is 16.5. The van der Waals surface area contributed by atoms with Gasteiger partial charge in [0.2, 0.25) is 0 Å². The fraction of sp³-hybridized carbons (Fsp3) is 0.348. The summed E-state index contributed by atoms with van der Waals surface area (Å²) < 4.78 is 7.28. The zero-order valence-corrected chi connectivity index (χ0v) is 18.4. The van der Waals surface area contributed by atoms with Crippen molar-refractivity contribution in [2.75, 3.05) is 12.4 Å². The lowest BCUT2D eigenvalue weighted by Gasteiger charge is -2.18. The summed E-state index contributed by atoms with van der Waals surface area (Å²) in [6.07, 6.45) is 0.912. The highest BCUT2D eigenvalue weighted by Gasteiger charge is 2.20. The Hall–Kier alpha value is -3.35. The molecule has 0 saturated heterocycles. The highest BCUT2D eigenvalue weighted by Crippen LogP contribution is 2.34. The molecule has 1 atom stereocenters. The molecule has 7 nitrogen and oxygen atoms in total. The highest BCUT2D eigenvalue weighted by molar-refractivity contribution is 5.83. The number of aromatic nitrogens is 5. The maximum atomic E-state index is 5.37. The smallest absolute Gasteiger partial charge is 0.165 e. The SMILES string of the molecule is CC[C@H](Nc1cc(C)nc2c(-c3ccc(OC)cc3C)c(C)nn12)c1cc(C)n[nH]1. The third-order valence-electron chi connectivity index (χ3n) is 5.43. The minimum absolute atomic E-state index is 0.104.